The number of hydrogen-bond acceptors (Lipinski definition) is 8. The second kappa shape index (κ2) is 7.54. The van der Waals surface area contributed by atoms with Crippen molar-refractivity contribution < 1.29 is 23.4 Å². The highest BCUT2D eigenvalue weighted by Crippen LogP contribution is 2.45. The van der Waals surface area contributed by atoms with Crippen molar-refractivity contribution in [1.82, 2.24) is 4.40 Å². The minimum absolute atomic E-state index is 0.0312. The van der Waals surface area contributed by atoms with Gasteiger partial charge in [-0.1, -0.05) is 0 Å². The molecule has 0 spiro atoms. The highest BCUT2D eigenvalue weighted by atomic mass is 32.1. The summed E-state index contributed by atoms with van der Waals surface area (Å²) in [5.74, 6) is 2.79. The summed E-state index contributed by atoms with van der Waals surface area (Å²) in [6.45, 7) is 0.800. The van der Waals surface area contributed by atoms with E-state index in [1.807, 2.05) is 0 Å². The van der Waals surface area contributed by atoms with Gasteiger partial charge in [0.05, 0.1) is 22.7 Å². The zero-order valence-electron chi connectivity index (χ0n) is 17.3. The summed E-state index contributed by atoms with van der Waals surface area (Å²) in [7, 11) is 1.33. The number of anilines is 2. The Balaban J connectivity index is 2.10. The number of nitrogens with two attached hydrogens (primary N) is 2. The number of thiazole rings is 1. The van der Waals surface area contributed by atoms with E-state index >= 15 is 4.39 Å². The lowest BCUT2D eigenvalue weighted by molar-refractivity contribution is 0.0697. The number of aromatic carboxylic acids is 1. The van der Waals surface area contributed by atoms with Gasteiger partial charge in [-0.15, -0.1) is 11.3 Å². The van der Waals surface area contributed by atoms with Gasteiger partial charge in [0.25, 0.3) is 0 Å². The van der Waals surface area contributed by atoms with Crippen molar-refractivity contribution in [3.8, 4) is 5.75 Å². The second-order valence-electron chi connectivity index (χ2n) is 7.80. The predicted octanol–water partition coefficient (Wildman–Crippen LogP) is 2.48. The molecule has 1 aliphatic heterocycles. The standard InChI is InChI=1S/C21H19F2N5O4S/c1-32-19-16-12(15(26-25)14(23)17(19)27-5-4-9(24)7-27)18(29)13(21(30)31)20-28(16)10-3-2-8(22)6-11(10)33-20/h2-3,6,9,26H,4-5,7,24-25H2,1H3,(H,30,31). The first-order valence-corrected chi connectivity index (χ1v) is 10.8. The number of hydrazine groups is 1. The quantitative estimate of drug-likeness (QED) is 0.261. The Morgan fingerprint density at radius 1 is 1.36 bits per heavy atom. The fraction of sp³-hybridized carbons (Fsp3) is 0.238. The lowest BCUT2D eigenvalue weighted by atomic mass is 10.1. The SMILES string of the molecule is COc1c(N2CCC(N)C2)c(F)c(NN)c2c(=O)c(C(=O)O)c3sc4cc(F)ccc4n3c12. The van der Waals surface area contributed by atoms with Crippen LogP contribution in [0, 0.1) is 11.6 Å². The number of methoxy groups -OCH3 is 1. The van der Waals surface area contributed by atoms with Crippen molar-refractivity contribution >= 4 is 54.6 Å². The average molecular weight is 475 g/mol. The minimum Gasteiger partial charge on any atom is -0.492 e. The molecule has 1 fully saturated rings. The molecule has 1 aliphatic rings. The molecule has 2 aromatic heterocycles. The number of carboxylic acid groups (broad SMARTS) is 1. The first-order chi connectivity index (χ1) is 15.8. The van der Waals surface area contributed by atoms with Crippen molar-refractivity contribution in [1.29, 1.82) is 0 Å². The third-order valence-electron chi connectivity index (χ3n) is 5.91. The van der Waals surface area contributed by atoms with Gasteiger partial charge in [0.15, 0.2) is 11.6 Å². The molecule has 0 amide bonds. The lowest BCUT2D eigenvalue weighted by Gasteiger charge is -2.25. The third kappa shape index (κ3) is 2.95. The van der Waals surface area contributed by atoms with Crippen LogP contribution in [0.3, 0.4) is 0 Å². The van der Waals surface area contributed by atoms with E-state index in [-0.39, 0.29) is 38.9 Å². The Kier molecular flexibility index (Phi) is 4.88. The van der Waals surface area contributed by atoms with E-state index in [0.717, 1.165) is 11.3 Å². The smallest absolute Gasteiger partial charge is 0.342 e. The van der Waals surface area contributed by atoms with Gasteiger partial charge in [-0.2, -0.15) is 0 Å². The molecule has 12 heteroatoms. The molecular weight excluding hydrogens is 456 g/mol. The van der Waals surface area contributed by atoms with Gasteiger partial charge in [-0.3, -0.25) is 15.0 Å². The summed E-state index contributed by atoms with van der Waals surface area (Å²) in [6, 6.07) is 3.75. The van der Waals surface area contributed by atoms with E-state index in [1.165, 1.54) is 29.7 Å². The lowest BCUT2D eigenvalue weighted by Crippen LogP contribution is -2.28. The number of nitrogens with zero attached hydrogens (tertiary/aromatic N) is 2. The molecule has 6 N–H and O–H groups in total. The largest absolute Gasteiger partial charge is 0.492 e. The molecule has 2 aromatic carbocycles. The van der Waals surface area contributed by atoms with Gasteiger partial charge in [0, 0.05) is 19.1 Å². The molecule has 3 heterocycles. The van der Waals surface area contributed by atoms with Crippen LogP contribution >= 0.6 is 11.3 Å². The van der Waals surface area contributed by atoms with Crippen LogP contribution in [-0.2, 0) is 0 Å². The van der Waals surface area contributed by atoms with Gasteiger partial charge in [0.1, 0.15) is 33.1 Å². The van der Waals surface area contributed by atoms with Crippen LogP contribution in [0.15, 0.2) is 23.0 Å². The number of halogens is 2. The summed E-state index contributed by atoms with van der Waals surface area (Å²) in [5, 5.41) is 9.56. The van der Waals surface area contributed by atoms with Crippen LogP contribution < -0.4 is 32.1 Å². The number of fused-ring (bicyclic) bond motifs is 5. The van der Waals surface area contributed by atoms with E-state index in [4.69, 9.17) is 16.3 Å². The van der Waals surface area contributed by atoms with Crippen LogP contribution in [0.25, 0.3) is 25.9 Å². The molecule has 1 atom stereocenters. The first kappa shape index (κ1) is 21.4. The fourth-order valence-electron chi connectivity index (χ4n) is 4.52. The molecule has 5 rings (SSSR count). The highest BCUT2D eigenvalue weighted by Gasteiger charge is 2.33. The summed E-state index contributed by atoms with van der Waals surface area (Å²) in [6.07, 6.45) is 0.625. The van der Waals surface area contributed by atoms with Gasteiger partial charge >= 0.3 is 5.97 Å². The molecule has 0 radical (unpaired) electrons. The fourth-order valence-corrected chi connectivity index (χ4v) is 5.72. The van der Waals surface area contributed by atoms with Gasteiger partial charge in [0.2, 0.25) is 5.43 Å². The molecule has 33 heavy (non-hydrogen) atoms. The number of nitrogens with one attached hydrogen (secondary N) is 1. The summed E-state index contributed by atoms with van der Waals surface area (Å²) in [4.78, 5) is 27.3. The summed E-state index contributed by atoms with van der Waals surface area (Å²) in [5.41, 5.74) is 7.02. The number of carbonyl (C=O) groups is 1. The van der Waals surface area contributed by atoms with Crippen molar-refractivity contribution in [3.63, 3.8) is 0 Å². The number of benzene rings is 2. The number of pyridine rings is 1. The van der Waals surface area contributed by atoms with Crippen LogP contribution in [0.2, 0.25) is 0 Å². The zero-order chi connectivity index (χ0) is 23.6. The van der Waals surface area contributed by atoms with Crippen LogP contribution in [-0.4, -0.2) is 41.7 Å². The number of nitrogen functional groups attached to an aromatic ring is 1. The molecule has 4 aromatic rings. The van der Waals surface area contributed by atoms with E-state index in [0.29, 0.717) is 29.7 Å². The predicted molar refractivity (Wildman–Crippen MR) is 123 cm³/mol. The maximum absolute atomic E-state index is 15.8. The van der Waals surface area contributed by atoms with Crippen molar-refractivity contribution in [2.45, 2.75) is 12.5 Å². The molecule has 1 unspecified atom stereocenters. The van der Waals surface area contributed by atoms with Crippen molar-refractivity contribution in [3.05, 3.63) is 45.6 Å². The third-order valence-corrected chi connectivity index (χ3v) is 7.04. The summed E-state index contributed by atoms with van der Waals surface area (Å²) >= 11 is 0.943. The van der Waals surface area contributed by atoms with E-state index < -0.39 is 28.6 Å². The van der Waals surface area contributed by atoms with E-state index in [1.54, 1.807) is 4.90 Å². The topological polar surface area (TPSA) is 135 Å². The maximum Gasteiger partial charge on any atom is 0.342 e. The number of hydrogen-bond donors (Lipinski definition) is 4. The first-order valence-electron chi connectivity index (χ1n) is 9.98. The zero-order valence-corrected chi connectivity index (χ0v) is 18.1. The van der Waals surface area contributed by atoms with Crippen LogP contribution in [0.5, 0.6) is 5.75 Å². The van der Waals surface area contributed by atoms with Crippen LogP contribution in [0.1, 0.15) is 16.8 Å². The molecule has 9 nitrogen and oxygen atoms in total. The second-order valence-corrected chi connectivity index (χ2v) is 8.83. The minimum atomic E-state index is -1.50. The van der Waals surface area contributed by atoms with Gasteiger partial charge in [-0.05, 0) is 24.6 Å². The Morgan fingerprint density at radius 3 is 2.73 bits per heavy atom. The maximum atomic E-state index is 15.8. The van der Waals surface area contributed by atoms with Crippen molar-refractivity contribution in [2.75, 3.05) is 30.5 Å². The molecule has 0 saturated carbocycles. The average Bonchev–Trinajstić information content (AvgIpc) is 3.35. The number of ether oxygens (including phenoxy) is 1. The normalized spacial score (nSPS) is 16.3. The number of aromatic nitrogens is 1. The Labute approximate surface area is 188 Å². The summed E-state index contributed by atoms with van der Waals surface area (Å²) < 4.78 is 37.2. The molecule has 1 saturated heterocycles. The highest BCUT2D eigenvalue weighted by molar-refractivity contribution is 7.24. The molecule has 0 aliphatic carbocycles. The molecule has 172 valence electrons. The Hall–Kier alpha value is -3.48. The molecule has 0 bridgehead atoms. The molecular formula is C21H19F2N5O4S. The van der Waals surface area contributed by atoms with Gasteiger partial charge < -0.3 is 25.9 Å². The monoisotopic (exact) mass is 475 g/mol. The van der Waals surface area contributed by atoms with E-state index in [9.17, 15) is 19.1 Å². The Bertz CT molecular complexity index is 1530. The van der Waals surface area contributed by atoms with Crippen LogP contribution in [0.4, 0.5) is 20.2 Å². The number of rotatable bonds is 4. The van der Waals surface area contributed by atoms with E-state index in [2.05, 4.69) is 5.43 Å². The van der Waals surface area contributed by atoms with Crippen molar-refractivity contribution in [2.24, 2.45) is 11.6 Å². The number of carboxylic acids is 1. The van der Waals surface area contributed by atoms with Gasteiger partial charge in [-0.25, -0.2) is 13.6 Å². The Morgan fingerprint density at radius 2 is 2.12 bits per heavy atom.